The van der Waals surface area contributed by atoms with E-state index in [9.17, 15) is 4.79 Å². The monoisotopic (exact) mass is 251 g/mol. The van der Waals surface area contributed by atoms with Gasteiger partial charge < -0.3 is 5.32 Å². The predicted octanol–water partition coefficient (Wildman–Crippen LogP) is 2.65. The summed E-state index contributed by atoms with van der Waals surface area (Å²) < 4.78 is 0. The second-order valence-corrected chi connectivity index (χ2v) is 4.74. The van der Waals surface area contributed by atoms with E-state index in [0.29, 0.717) is 6.42 Å². The summed E-state index contributed by atoms with van der Waals surface area (Å²) in [6.45, 7) is 3.96. The molecular weight excluding hydrogens is 234 g/mol. The Hall–Kier alpha value is -1.41. The van der Waals surface area contributed by atoms with Crippen molar-refractivity contribution in [2.75, 3.05) is 0 Å². The first kappa shape index (κ1) is 13.7. The third-order valence-corrected chi connectivity index (χ3v) is 3.41. The predicted molar refractivity (Wildman–Crippen MR) is 67.3 cm³/mol. The SMILES string of the molecule is CCCC(C#N)C(=O)NC(CC)c1nccs1. The molecule has 2 unspecified atom stereocenters. The van der Waals surface area contributed by atoms with Crippen LogP contribution >= 0.6 is 11.3 Å². The average Bonchev–Trinajstić information content (AvgIpc) is 2.86. The lowest BCUT2D eigenvalue weighted by Crippen LogP contribution is -2.33. The van der Waals surface area contributed by atoms with Crippen molar-refractivity contribution in [1.82, 2.24) is 10.3 Å². The van der Waals surface area contributed by atoms with Crippen molar-refractivity contribution in [2.24, 2.45) is 5.92 Å². The van der Waals surface area contributed by atoms with Gasteiger partial charge in [-0.2, -0.15) is 5.26 Å². The van der Waals surface area contributed by atoms with Crippen molar-refractivity contribution >= 4 is 17.2 Å². The highest BCUT2D eigenvalue weighted by Gasteiger charge is 2.21. The van der Waals surface area contributed by atoms with Gasteiger partial charge in [0, 0.05) is 11.6 Å². The molecule has 1 amide bonds. The molecule has 0 aromatic carbocycles. The van der Waals surface area contributed by atoms with Crippen LogP contribution in [0.15, 0.2) is 11.6 Å². The third kappa shape index (κ3) is 3.82. The van der Waals surface area contributed by atoms with Crippen molar-refractivity contribution in [3.63, 3.8) is 0 Å². The van der Waals surface area contributed by atoms with Gasteiger partial charge in [-0.05, 0) is 12.8 Å². The average molecular weight is 251 g/mol. The number of hydrogen-bond acceptors (Lipinski definition) is 4. The molecule has 1 aromatic rings. The molecular formula is C12H17N3OS. The zero-order valence-corrected chi connectivity index (χ0v) is 11.0. The molecule has 17 heavy (non-hydrogen) atoms. The number of nitrogens with one attached hydrogen (secondary N) is 1. The lowest BCUT2D eigenvalue weighted by molar-refractivity contribution is -0.124. The van der Waals surface area contributed by atoms with E-state index in [1.807, 2.05) is 25.3 Å². The number of nitriles is 1. The Morgan fingerprint density at radius 3 is 2.88 bits per heavy atom. The van der Waals surface area contributed by atoms with Gasteiger partial charge in [-0.25, -0.2) is 4.98 Å². The first-order chi connectivity index (χ1) is 8.22. The standard InChI is InChI=1S/C12H17N3OS/c1-3-5-9(8-13)11(16)15-10(4-2)12-14-6-7-17-12/h6-7,9-10H,3-5H2,1-2H3,(H,15,16). The van der Waals surface area contributed by atoms with E-state index in [-0.39, 0.29) is 11.9 Å². The Labute approximate surface area is 106 Å². The van der Waals surface area contributed by atoms with E-state index in [0.717, 1.165) is 17.8 Å². The summed E-state index contributed by atoms with van der Waals surface area (Å²) in [6.07, 6.45) is 3.95. The van der Waals surface area contributed by atoms with Crippen LogP contribution in [0.25, 0.3) is 0 Å². The van der Waals surface area contributed by atoms with Gasteiger partial charge >= 0.3 is 0 Å². The molecule has 0 fully saturated rings. The van der Waals surface area contributed by atoms with E-state index in [1.165, 1.54) is 11.3 Å². The highest BCUT2D eigenvalue weighted by Crippen LogP contribution is 2.19. The van der Waals surface area contributed by atoms with Crippen LogP contribution in [0.4, 0.5) is 0 Å². The summed E-state index contributed by atoms with van der Waals surface area (Å²) in [5.41, 5.74) is 0. The number of nitrogens with zero attached hydrogens (tertiary/aromatic N) is 2. The molecule has 0 spiro atoms. The molecule has 1 heterocycles. The highest BCUT2D eigenvalue weighted by molar-refractivity contribution is 7.09. The normalized spacial score (nSPS) is 13.7. The highest BCUT2D eigenvalue weighted by atomic mass is 32.1. The minimum atomic E-state index is -0.547. The first-order valence-electron chi connectivity index (χ1n) is 5.82. The molecule has 0 aliphatic heterocycles. The minimum Gasteiger partial charge on any atom is -0.346 e. The summed E-state index contributed by atoms with van der Waals surface area (Å²) in [4.78, 5) is 16.1. The van der Waals surface area contributed by atoms with Gasteiger partial charge in [-0.1, -0.05) is 20.3 Å². The van der Waals surface area contributed by atoms with Gasteiger partial charge in [0.25, 0.3) is 0 Å². The van der Waals surface area contributed by atoms with E-state index in [1.54, 1.807) is 6.20 Å². The van der Waals surface area contributed by atoms with Gasteiger partial charge in [0.05, 0.1) is 12.1 Å². The number of amides is 1. The zero-order valence-electron chi connectivity index (χ0n) is 10.1. The van der Waals surface area contributed by atoms with Crippen molar-refractivity contribution in [2.45, 2.75) is 39.2 Å². The topological polar surface area (TPSA) is 65.8 Å². The molecule has 0 radical (unpaired) electrons. The van der Waals surface area contributed by atoms with E-state index in [2.05, 4.69) is 10.3 Å². The molecule has 0 saturated heterocycles. The van der Waals surface area contributed by atoms with Crippen LogP contribution in [-0.4, -0.2) is 10.9 Å². The number of hydrogen-bond donors (Lipinski definition) is 1. The lowest BCUT2D eigenvalue weighted by Gasteiger charge is -2.16. The van der Waals surface area contributed by atoms with Crippen LogP contribution in [0.1, 0.15) is 44.2 Å². The summed E-state index contributed by atoms with van der Waals surface area (Å²) in [5, 5.41) is 14.6. The fourth-order valence-electron chi connectivity index (χ4n) is 1.56. The van der Waals surface area contributed by atoms with Crippen LogP contribution in [0, 0.1) is 17.2 Å². The second kappa shape index (κ2) is 7.02. The Kier molecular flexibility index (Phi) is 5.64. The van der Waals surface area contributed by atoms with Crippen LogP contribution in [0.5, 0.6) is 0 Å². The number of aromatic nitrogens is 1. The Morgan fingerprint density at radius 2 is 2.41 bits per heavy atom. The van der Waals surface area contributed by atoms with Gasteiger partial charge in [0.2, 0.25) is 5.91 Å². The Bertz CT molecular complexity index is 383. The molecule has 92 valence electrons. The molecule has 2 atom stereocenters. The summed E-state index contributed by atoms with van der Waals surface area (Å²) in [7, 11) is 0. The van der Waals surface area contributed by atoms with Crippen molar-refractivity contribution in [3.8, 4) is 6.07 Å². The van der Waals surface area contributed by atoms with Gasteiger partial charge in [-0.15, -0.1) is 11.3 Å². The quantitative estimate of drug-likeness (QED) is 0.845. The second-order valence-electron chi connectivity index (χ2n) is 3.81. The van der Waals surface area contributed by atoms with E-state index < -0.39 is 5.92 Å². The summed E-state index contributed by atoms with van der Waals surface area (Å²) in [6, 6.07) is 1.97. The number of rotatable bonds is 6. The molecule has 1 N–H and O–H groups in total. The fourth-order valence-corrected chi connectivity index (χ4v) is 2.33. The smallest absolute Gasteiger partial charge is 0.237 e. The van der Waals surface area contributed by atoms with Crippen LogP contribution in [0.3, 0.4) is 0 Å². The molecule has 1 aromatic heterocycles. The van der Waals surface area contributed by atoms with E-state index >= 15 is 0 Å². The molecule has 5 heteroatoms. The van der Waals surface area contributed by atoms with Crippen molar-refractivity contribution in [1.29, 1.82) is 5.26 Å². The van der Waals surface area contributed by atoms with Crippen LogP contribution in [0.2, 0.25) is 0 Å². The summed E-state index contributed by atoms with van der Waals surface area (Å²) >= 11 is 1.52. The fraction of sp³-hybridized carbons (Fsp3) is 0.583. The Balaban J connectivity index is 2.63. The van der Waals surface area contributed by atoms with Crippen LogP contribution in [-0.2, 0) is 4.79 Å². The maximum Gasteiger partial charge on any atom is 0.237 e. The van der Waals surface area contributed by atoms with Crippen molar-refractivity contribution < 1.29 is 4.79 Å². The molecule has 0 aliphatic carbocycles. The molecule has 4 nitrogen and oxygen atoms in total. The zero-order chi connectivity index (χ0) is 12.7. The minimum absolute atomic E-state index is 0.0739. The molecule has 1 rings (SSSR count). The van der Waals surface area contributed by atoms with Gasteiger partial charge in [0.1, 0.15) is 10.9 Å². The number of carbonyl (C=O) groups is 1. The number of thiazole rings is 1. The molecule has 0 aliphatic rings. The largest absolute Gasteiger partial charge is 0.346 e. The molecule has 0 saturated carbocycles. The summed E-state index contributed by atoms with van der Waals surface area (Å²) in [5.74, 6) is -0.731. The van der Waals surface area contributed by atoms with Crippen molar-refractivity contribution in [3.05, 3.63) is 16.6 Å². The van der Waals surface area contributed by atoms with Gasteiger partial charge in [0.15, 0.2) is 0 Å². The van der Waals surface area contributed by atoms with Gasteiger partial charge in [-0.3, -0.25) is 4.79 Å². The maximum atomic E-state index is 11.9. The molecule has 0 bridgehead atoms. The van der Waals surface area contributed by atoms with E-state index in [4.69, 9.17) is 5.26 Å². The first-order valence-corrected chi connectivity index (χ1v) is 6.70. The maximum absolute atomic E-state index is 11.9. The Morgan fingerprint density at radius 1 is 1.65 bits per heavy atom. The number of carbonyl (C=O) groups excluding carboxylic acids is 1. The van der Waals surface area contributed by atoms with Crippen LogP contribution < -0.4 is 5.32 Å². The third-order valence-electron chi connectivity index (χ3n) is 2.52. The lowest BCUT2D eigenvalue weighted by atomic mass is 10.0.